The molecule has 1 aliphatic heterocycles. The number of aryl methyl sites for hydroxylation is 1. The fourth-order valence-corrected chi connectivity index (χ4v) is 2.70. The van der Waals surface area contributed by atoms with Crippen LogP contribution in [-0.4, -0.2) is 22.1 Å². The van der Waals surface area contributed by atoms with Crippen LogP contribution < -0.4 is 5.32 Å². The molecule has 2 heterocycles. The van der Waals surface area contributed by atoms with E-state index in [2.05, 4.69) is 22.5 Å². The summed E-state index contributed by atoms with van der Waals surface area (Å²) in [6, 6.07) is 9.97. The van der Waals surface area contributed by atoms with Crippen molar-refractivity contribution < 1.29 is 4.79 Å². The van der Waals surface area contributed by atoms with E-state index in [4.69, 9.17) is 0 Å². The zero-order valence-corrected chi connectivity index (χ0v) is 11.0. The van der Waals surface area contributed by atoms with E-state index in [1.807, 2.05) is 25.1 Å². The lowest BCUT2D eigenvalue weighted by atomic mass is 9.86. The highest BCUT2D eigenvalue weighted by molar-refractivity contribution is 6.00. The first-order valence-electron chi connectivity index (χ1n) is 6.65. The van der Waals surface area contributed by atoms with Crippen LogP contribution in [0.1, 0.15) is 34.5 Å². The number of rotatable bonds is 3. The van der Waals surface area contributed by atoms with Crippen molar-refractivity contribution in [3.63, 3.8) is 0 Å². The third-order valence-electron chi connectivity index (χ3n) is 3.68. The fourth-order valence-electron chi connectivity index (χ4n) is 2.70. The molecule has 3 rings (SSSR count). The van der Waals surface area contributed by atoms with E-state index < -0.39 is 0 Å². The zero-order valence-electron chi connectivity index (χ0n) is 11.0. The Bertz CT molecular complexity index is 603. The summed E-state index contributed by atoms with van der Waals surface area (Å²) in [5.74, 6) is 0.0472. The molecule has 1 aromatic heterocycles. The van der Waals surface area contributed by atoms with E-state index in [1.54, 1.807) is 10.9 Å². The highest BCUT2D eigenvalue weighted by atomic mass is 16.1. The minimum absolute atomic E-state index is 0.105. The molecular formula is C15H17N3O. The average Bonchev–Trinajstić information content (AvgIpc) is 2.94. The summed E-state index contributed by atoms with van der Waals surface area (Å²) in [6.45, 7) is 4.25. The third kappa shape index (κ3) is 2.08. The smallest absolute Gasteiger partial charge is 0.189 e. The normalized spacial score (nSPS) is 18.1. The van der Waals surface area contributed by atoms with Gasteiger partial charge >= 0.3 is 0 Å². The van der Waals surface area contributed by atoms with Gasteiger partial charge in [-0.2, -0.15) is 5.10 Å². The van der Waals surface area contributed by atoms with Gasteiger partial charge in [0.05, 0.1) is 5.92 Å². The zero-order chi connectivity index (χ0) is 13.2. The molecule has 98 valence electrons. The second-order valence-corrected chi connectivity index (χ2v) is 4.78. The molecule has 0 aliphatic carbocycles. The molecule has 1 N–H and O–H groups in total. The number of nitrogens with one attached hydrogen (secondary N) is 1. The highest BCUT2D eigenvalue weighted by Gasteiger charge is 2.28. The van der Waals surface area contributed by atoms with Gasteiger partial charge in [0.25, 0.3) is 0 Å². The van der Waals surface area contributed by atoms with Crippen molar-refractivity contribution in [3.8, 4) is 0 Å². The van der Waals surface area contributed by atoms with Gasteiger partial charge in [0.2, 0.25) is 0 Å². The Labute approximate surface area is 112 Å². The summed E-state index contributed by atoms with van der Waals surface area (Å²) in [6.07, 6.45) is 1.69. The predicted octanol–water partition coefficient (Wildman–Crippen LogP) is 1.97. The molecule has 0 amide bonds. The van der Waals surface area contributed by atoms with Gasteiger partial charge in [-0.05, 0) is 24.1 Å². The van der Waals surface area contributed by atoms with Crippen LogP contribution in [0, 0.1) is 0 Å². The second-order valence-electron chi connectivity index (χ2n) is 4.78. The first kappa shape index (κ1) is 12.1. The number of carbonyl (C=O) groups excluding carboxylic acids is 1. The van der Waals surface area contributed by atoms with Crippen LogP contribution in [0.15, 0.2) is 36.5 Å². The van der Waals surface area contributed by atoms with Crippen LogP contribution >= 0.6 is 0 Å². The number of fused-ring (bicyclic) bond motifs is 1. The highest BCUT2D eigenvalue weighted by Crippen LogP contribution is 2.27. The number of hydrogen-bond donors (Lipinski definition) is 1. The number of hydrogen-bond acceptors (Lipinski definition) is 3. The van der Waals surface area contributed by atoms with Crippen LogP contribution in [0.4, 0.5) is 0 Å². The summed E-state index contributed by atoms with van der Waals surface area (Å²) >= 11 is 0. The van der Waals surface area contributed by atoms with Gasteiger partial charge in [-0.25, -0.2) is 0 Å². The van der Waals surface area contributed by atoms with Crippen molar-refractivity contribution in [2.45, 2.75) is 25.9 Å². The standard InChI is InChI=1S/C15H17N3O/c1-2-18-14(7-8-17-18)15(19)13-10-16-9-11-5-3-4-6-12(11)13/h3-8,13,16H,2,9-10H2,1H3. The van der Waals surface area contributed by atoms with Crippen molar-refractivity contribution in [2.75, 3.05) is 6.54 Å². The van der Waals surface area contributed by atoms with E-state index in [1.165, 1.54) is 5.56 Å². The maximum Gasteiger partial charge on any atom is 0.189 e. The largest absolute Gasteiger partial charge is 0.312 e. The van der Waals surface area contributed by atoms with Gasteiger partial charge in [0.1, 0.15) is 5.69 Å². The number of carbonyl (C=O) groups is 1. The van der Waals surface area contributed by atoms with E-state index in [-0.39, 0.29) is 11.7 Å². The summed E-state index contributed by atoms with van der Waals surface area (Å²) in [7, 11) is 0. The second kappa shape index (κ2) is 4.97. The fraction of sp³-hybridized carbons (Fsp3) is 0.333. The summed E-state index contributed by atoms with van der Waals surface area (Å²) in [5.41, 5.74) is 3.07. The number of aromatic nitrogens is 2. The van der Waals surface area contributed by atoms with Gasteiger partial charge in [-0.3, -0.25) is 9.48 Å². The maximum absolute atomic E-state index is 12.7. The lowest BCUT2D eigenvalue weighted by Gasteiger charge is -2.25. The van der Waals surface area contributed by atoms with Crippen molar-refractivity contribution in [1.29, 1.82) is 0 Å². The molecule has 0 saturated carbocycles. The molecular weight excluding hydrogens is 238 g/mol. The SMILES string of the molecule is CCn1nccc1C(=O)C1CNCc2ccccc21. The molecule has 0 saturated heterocycles. The molecule has 4 heteroatoms. The van der Waals surface area contributed by atoms with Crippen molar-refractivity contribution in [2.24, 2.45) is 0 Å². The van der Waals surface area contributed by atoms with E-state index in [0.717, 1.165) is 18.7 Å². The molecule has 19 heavy (non-hydrogen) atoms. The minimum atomic E-state index is -0.105. The van der Waals surface area contributed by atoms with Crippen molar-refractivity contribution in [1.82, 2.24) is 15.1 Å². The van der Waals surface area contributed by atoms with Crippen LogP contribution in [-0.2, 0) is 13.1 Å². The van der Waals surface area contributed by atoms with Crippen molar-refractivity contribution >= 4 is 5.78 Å². The molecule has 1 atom stereocenters. The Hall–Kier alpha value is -1.94. The predicted molar refractivity (Wildman–Crippen MR) is 73.1 cm³/mol. The van der Waals surface area contributed by atoms with Gasteiger partial charge in [-0.1, -0.05) is 24.3 Å². The summed E-state index contributed by atoms with van der Waals surface area (Å²) in [4.78, 5) is 12.7. The van der Waals surface area contributed by atoms with Crippen LogP contribution in [0.5, 0.6) is 0 Å². The van der Waals surface area contributed by atoms with Crippen LogP contribution in [0.3, 0.4) is 0 Å². The number of Topliss-reactive ketones (excluding diaryl/α,β-unsaturated/α-hetero) is 1. The third-order valence-corrected chi connectivity index (χ3v) is 3.68. The molecule has 1 aliphatic rings. The molecule has 2 aromatic rings. The Morgan fingerprint density at radius 3 is 3.11 bits per heavy atom. The quantitative estimate of drug-likeness (QED) is 0.853. The van der Waals surface area contributed by atoms with Crippen LogP contribution in [0.2, 0.25) is 0 Å². The Balaban J connectivity index is 1.98. The van der Waals surface area contributed by atoms with Gasteiger partial charge in [0.15, 0.2) is 5.78 Å². The number of ketones is 1. The molecule has 1 aromatic carbocycles. The van der Waals surface area contributed by atoms with Gasteiger partial charge < -0.3 is 5.32 Å². The lowest BCUT2D eigenvalue weighted by molar-refractivity contribution is 0.0944. The lowest BCUT2D eigenvalue weighted by Crippen LogP contribution is -2.33. The number of nitrogens with zero attached hydrogens (tertiary/aromatic N) is 2. The Morgan fingerprint density at radius 2 is 2.26 bits per heavy atom. The van der Waals surface area contributed by atoms with Crippen molar-refractivity contribution in [3.05, 3.63) is 53.3 Å². The Kier molecular flexibility index (Phi) is 3.17. The number of benzene rings is 1. The maximum atomic E-state index is 12.7. The van der Waals surface area contributed by atoms with E-state index in [0.29, 0.717) is 12.2 Å². The summed E-state index contributed by atoms with van der Waals surface area (Å²) in [5, 5.41) is 7.50. The van der Waals surface area contributed by atoms with Gasteiger partial charge in [-0.15, -0.1) is 0 Å². The van der Waals surface area contributed by atoms with Gasteiger partial charge in [0, 0.05) is 25.8 Å². The molecule has 1 unspecified atom stereocenters. The molecule has 4 nitrogen and oxygen atoms in total. The first-order valence-corrected chi connectivity index (χ1v) is 6.65. The molecule has 0 radical (unpaired) electrons. The van der Waals surface area contributed by atoms with Crippen LogP contribution in [0.25, 0.3) is 0 Å². The van der Waals surface area contributed by atoms with E-state index >= 15 is 0 Å². The van der Waals surface area contributed by atoms with E-state index in [9.17, 15) is 4.79 Å². The topological polar surface area (TPSA) is 46.9 Å². The molecule has 0 bridgehead atoms. The minimum Gasteiger partial charge on any atom is -0.312 e. The molecule has 0 spiro atoms. The Morgan fingerprint density at radius 1 is 1.42 bits per heavy atom. The average molecular weight is 255 g/mol. The molecule has 0 fully saturated rings. The monoisotopic (exact) mass is 255 g/mol. The first-order chi connectivity index (χ1) is 9.31. The summed E-state index contributed by atoms with van der Waals surface area (Å²) < 4.78 is 1.76.